The number of piperazine rings is 1. The van der Waals surface area contributed by atoms with Crippen molar-refractivity contribution in [2.45, 2.75) is 31.7 Å². The average Bonchev–Trinajstić information content (AvgIpc) is 3.57. The predicted octanol–water partition coefficient (Wildman–Crippen LogP) is 4.21. The van der Waals surface area contributed by atoms with Gasteiger partial charge in [0.15, 0.2) is 0 Å². The van der Waals surface area contributed by atoms with E-state index >= 15 is 0 Å². The molecule has 2 aliphatic rings. The summed E-state index contributed by atoms with van der Waals surface area (Å²) in [6.45, 7) is 4.68. The van der Waals surface area contributed by atoms with Crippen LogP contribution in [0.3, 0.4) is 0 Å². The molecule has 3 aromatic carbocycles. The molecule has 0 radical (unpaired) electrons. The van der Waals surface area contributed by atoms with Crippen molar-refractivity contribution in [1.82, 2.24) is 30.1 Å². The van der Waals surface area contributed by atoms with Gasteiger partial charge in [-0.15, -0.1) is 17.9 Å². The Labute approximate surface area is 276 Å². The van der Waals surface area contributed by atoms with Crippen molar-refractivity contribution in [3.05, 3.63) is 108 Å². The molecule has 2 N–H and O–H groups in total. The largest absolute Gasteiger partial charge is 0.453 e. The van der Waals surface area contributed by atoms with E-state index < -0.39 is 18.3 Å². The zero-order chi connectivity index (χ0) is 32.9. The summed E-state index contributed by atoms with van der Waals surface area (Å²) in [7, 11) is 1.28. The number of hydrazine groups is 1. The Hall–Kier alpha value is -5.27. The minimum absolute atomic E-state index is 0.0921. The topological polar surface area (TPSA) is 127 Å². The Kier molecular flexibility index (Phi) is 9.45. The molecule has 2 aliphatic heterocycles. The maximum Gasteiger partial charge on any atom is 0.411 e. The van der Waals surface area contributed by atoms with Crippen LogP contribution in [0.5, 0.6) is 0 Å². The van der Waals surface area contributed by atoms with Crippen LogP contribution < -0.4 is 10.6 Å². The van der Waals surface area contributed by atoms with Gasteiger partial charge in [0.05, 0.1) is 35.9 Å². The van der Waals surface area contributed by atoms with Crippen LogP contribution >= 0.6 is 11.3 Å². The number of ether oxygens (including phenoxy) is 1. The van der Waals surface area contributed by atoms with Crippen LogP contribution in [0.25, 0.3) is 10.2 Å². The van der Waals surface area contributed by atoms with Gasteiger partial charge in [0.25, 0.3) is 0 Å². The Morgan fingerprint density at radius 1 is 1.04 bits per heavy atom. The van der Waals surface area contributed by atoms with E-state index in [1.807, 2.05) is 48.5 Å². The van der Waals surface area contributed by atoms with Gasteiger partial charge in [0, 0.05) is 31.7 Å². The number of urea groups is 1. The summed E-state index contributed by atoms with van der Waals surface area (Å²) in [6, 6.07) is 21.2. The minimum Gasteiger partial charge on any atom is -0.453 e. The maximum atomic E-state index is 14.3. The summed E-state index contributed by atoms with van der Waals surface area (Å²) in [5.41, 5.74) is 5.72. The van der Waals surface area contributed by atoms with Crippen LogP contribution in [0.15, 0.2) is 91.0 Å². The molecule has 0 bridgehead atoms. The first kappa shape index (κ1) is 31.7. The summed E-state index contributed by atoms with van der Waals surface area (Å²) in [4.78, 5) is 61.7. The molecule has 13 heteroatoms. The number of amides is 5. The van der Waals surface area contributed by atoms with Gasteiger partial charge in [0.1, 0.15) is 12.2 Å². The second kappa shape index (κ2) is 14.0. The predicted molar refractivity (Wildman–Crippen MR) is 178 cm³/mol. The molecule has 2 saturated heterocycles. The zero-order valence-electron chi connectivity index (χ0n) is 25.9. The first-order valence-electron chi connectivity index (χ1n) is 15.2. The first-order chi connectivity index (χ1) is 22.9. The van der Waals surface area contributed by atoms with Crippen LogP contribution in [-0.4, -0.2) is 87.7 Å². The Morgan fingerprint density at radius 3 is 2.57 bits per heavy atom. The number of para-hydroxylation sites is 1. The molecule has 12 nitrogen and oxygen atoms in total. The molecule has 0 unspecified atom stereocenters. The fraction of sp³-hybridized carbons (Fsp3) is 0.265. The average molecular weight is 654 g/mol. The molecule has 2 atom stereocenters. The molecule has 0 saturated carbocycles. The molecule has 4 aromatic rings. The number of fused-ring (bicyclic) bond motifs is 2. The molecule has 6 rings (SSSR count). The molecule has 3 heterocycles. The third-order valence-electron chi connectivity index (χ3n) is 8.28. The molecular formula is C34H35N7O5S. The smallest absolute Gasteiger partial charge is 0.411 e. The number of carbonyl (C=O) groups is 4. The number of carbonyl (C=O) groups excluding carboxylic acids is 4. The fourth-order valence-electron chi connectivity index (χ4n) is 6.09. The zero-order valence-corrected chi connectivity index (χ0v) is 26.7. The van der Waals surface area contributed by atoms with Crippen molar-refractivity contribution in [1.29, 1.82) is 0 Å². The quantitative estimate of drug-likeness (QED) is 0.259. The standard InChI is InChI=1S/C34H35N7O5S/c1-3-16-39-21-30(42)40-27(17-23-12-14-26(15-13-23)37-34(45)46-2)32(43)38(19-25-10-7-11-28-31(25)36-22-47-28)20-29(40)41(39)33(44)35-18-24-8-5-4-6-9-24/h3-15,22,27,29H,1,16-21H2,2H3,(H,35,44)(H,37,45)/t27-,29-/m0/s1. The summed E-state index contributed by atoms with van der Waals surface area (Å²) in [5, 5.41) is 8.86. The summed E-state index contributed by atoms with van der Waals surface area (Å²) < 4.78 is 5.69. The monoisotopic (exact) mass is 653 g/mol. The molecule has 0 aliphatic carbocycles. The molecule has 1 aromatic heterocycles. The van der Waals surface area contributed by atoms with E-state index in [-0.39, 0.29) is 50.4 Å². The number of aromatic nitrogens is 1. The summed E-state index contributed by atoms with van der Waals surface area (Å²) in [6.07, 6.45) is 0.487. The van der Waals surface area contributed by atoms with Gasteiger partial charge in [-0.2, -0.15) is 0 Å². The molecule has 242 valence electrons. The third kappa shape index (κ3) is 6.81. The van der Waals surface area contributed by atoms with Gasteiger partial charge in [-0.1, -0.05) is 60.7 Å². The lowest BCUT2D eigenvalue weighted by molar-refractivity contribution is -0.189. The minimum atomic E-state index is -0.884. The van der Waals surface area contributed by atoms with Crippen LogP contribution in [0, 0.1) is 0 Å². The number of nitrogens with zero attached hydrogens (tertiary/aromatic N) is 5. The number of methoxy groups -OCH3 is 1. The van der Waals surface area contributed by atoms with Gasteiger partial charge < -0.3 is 19.9 Å². The van der Waals surface area contributed by atoms with E-state index in [4.69, 9.17) is 0 Å². The van der Waals surface area contributed by atoms with Crippen LogP contribution in [0.4, 0.5) is 15.3 Å². The van der Waals surface area contributed by atoms with E-state index in [1.54, 1.807) is 55.7 Å². The highest BCUT2D eigenvalue weighted by Crippen LogP contribution is 2.31. The summed E-state index contributed by atoms with van der Waals surface area (Å²) >= 11 is 1.53. The lowest BCUT2D eigenvalue weighted by Gasteiger charge is -2.55. The number of rotatable bonds is 9. The second-order valence-electron chi connectivity index (χ2n) is 11.3. The van der Waals surface area contributed by atoms with E-state index in [0.29, 0.717) is 12.2 Å². The third-order valence-corrected chi connectivity index (χ3v) is 9.08. The molecule has 0 spiro atoms. The second-order valence-corrected chi connectivity index (χ2v) is 12.2. The van der Waals surface area contributed by atoms with Crippen LogP contribution in [-0.2, 0) is 33.8 Å². The summed E-state index contributed by atoms with van der Waals surface area (Å²) in [5.74, 6) is -0.479. The Balaban J connectivity index is 1.34. The van der Waals surface area contributed by atoms with Crippen LogP contribution in [0.2, 0.25) is 0 Å². The van der Waals surface area contributed by atoms with Crippen LogP contribution in [0.1, 0.15) is 16.7 Å². The van der Waals surface area contributed by atoms with Gasteiger partial charge >= 0.3 is 12.1 Å². The Bertz CT molecular complexity index is 1780. The highest BCUT2D eigenvalue weighted by molar-refractivity contribution is 7.16. The number of nitrogens with one attached hydrogen (secondary N) is 2. The molecule has 2 fully saturated rings. The van der Waals surface area contributed by atoms with Crippen molar-refractivity contribution in [2.24, 2.45) is 0 Å². The van der Waals surface area contributed by atoms with Crippen molar-refractivity contribution >= 4 is 51.2 Å². The van der Waals surface area contributed by atoms with Crippen molar-refractivity contribution in [3.8, 4) is 0 Å². The highest BCUT2D eigenvalue weighted by atomic mass is 32.1. The molecule has 47 heavy (non-hydrogen) atoms. The molecule has 5 amide bonds. The van der Waals surface area contributed by atoms with Gasteiger partial charge in [-0.25, -0.2) is 24.6 Å². The normalized spacial score (nSPS) is 18.2. The van der Waals surface area contributed by atoms with Crippen molar-refractivity contribution in [2.75, 3.05) is 32.1 Å². The number of thiazole rings is 1. The molecular weight excluding hydrogens is 618 g/mol. The van der Waals surface area contributed by atoms with E-state index in [1.165, 1.54) is 18.4 Å². The van der Waals surface area contributed by atoms with Gasteiger partial charge in [0.2, 0.25) is 11.8 Å². The SMILES string of the molecule is C=CCN1CC(=O)N2[C@@H](Cc3ccc(NC(=O)OC)cc3)C(=O)N(Cc3cccc4scnc34)C[C@@H]2N1C(=O)NCc1ccccc1. The number of anilines is 1. The lowest BCUT2D eigenvalue weighted by atomic mass is 9.98. The van der Waals surface area contributed by atoms with E-state index in [9.17, 15) is 19.2 Å². The number of benzene rings is 3. The van der Waals surface area contributed by atoms with Gasteiger partial charge in [-0.3, -0.25) is 14.9 Å². The van der Waals surface area contributed by atoms with Gasteiger partial charge in [-0.05, 0) is 34.9 Å². The number of hydrogen-bond donors (Lipinski definition) is 2. The number of hydrogen-bond acceptors (Lipinski definition) is 8. The van der Waals surface area contributed by atoms with E-state index in [0.717, 1.165) is 26.9 Å². The first-order valence-corrected chi connectivity index (χ1v) is 16.1. The highest BCUT2D eigenvalue weighted by Gasteiger charge is 2.51. The lowest BCUT2D eigenvalue weighted by Crippen LogP contribution is -2.76. The van der Waals surface area contributed by atoms with E-state index in [2.05, 4.69) is 26.9 Å². The van der Waals surface area contributed by atoms with Crippen molar-refractivity contribution < 1.29 is 23.9 Å². The fourth-order valence-corrected chi connectivity index (χ4v) is 6.82. The Morgan fingerprint density at radius 2 is 1.83 bits per heavy atom. The maximum absolute atomic E-state index is 14.3. The van der Waals surface area contributed by atoms with Crippen molar-refractivity contribution in [3.63, 3.8) is 0 Å².